The summed E-state index contributed by atoms with van der Waals surface area (Å²) in [6.07, 6.45) is 0.935. The molecule has 1 fully saturated rings. The number of rotatable bonds is 4. The maximum Gasteiger partial charge on any atom is 0.314 e. The lowest BCUT2D eigenvalue weighted by Crippen LogP contribution is -2.64. The van der Waals surface area contributed by atoms with Gasteiger partial charge in [-0.3, -0.25) is 0 Å². The summed E-state index contributed by atoms with van der Waals surface area (Å²) < 4.78 is 4.95. The van der Waals surface area contributed by atoms with Crippen molar-refractivity contribution in [2.45, 2.75) is 18.9 Å². The van der Waals surface area contributed by atoms with Crippen LogP contribution in [0, 0.1) is 0 Å². The van der Waals surface area contributed by atoms with Crippen LogP contribution >= 0.6 is 0 Å². The summed E-state index contributed by atoms with van der Waals surface area (Å²) in [6.45, 7) is 4.23. The Kier molecular flexibility index (Phi) is 3.50. The van der Waals surface area contributed by atoms with Crippen LogP contribution in [0.1, 0.15) is 13.3 Å². The topological polar surface area (TPSA) is 76.4 Å². The highest BCUT2D eigenvalue weighted by atomic mass is 16.5. The first-order chi connectivity index (χ1) is 6.16. The lowest BCUT2D eigenvalue weighted by molar-refractivity contribution is -0.0508. The molecule has 1 rings (SSSR count). The van der Waals surface area contributed by atoms with Crippen LogP contribution in [-0.2, 0) is 4.74 Å². The molecule has 2 amide bonds. The summed E-state index contributed by atoms with van der Waals surface area (Å²) in [7, 11) is 0. The predicted molar refractivity (Wildman–Crippen MR) is 49.4 cm³/mol. The Balaban J connectivity index is 2.07. The molecule has 4 N–H and O–H groups in total. The van der Waals surface area contributed by atoms with Crippen molar-refractivity contribution in [3.63, 3.8) is 0 Å². The standard InChI is InChI=1S/C8H17N3O2/c1-2-3-10-7(12)11-4-8(9)5-13-6-8/h2-6,9H2,1H3,(H2,10,11,12). The quantitative estimate of drug-likeness (QED) is 0.551. The molecule has 5 heteroatoms. The Morgan fingerprint density at radius 3 is 2.69 bits per heavy atom. The van der Waals surface area contributed by atoms with Crippen molar-refractivity contribution in [3.05, 3.63) is 0 Å². The molecule has 0 radical (unpaired) electrons. The number of hydrogen-bond donors (Lipinski definition) is 3. The highest BCUT2D eigenvalue weighted by molar-refractivity contribution is 5.73. The summed E-state index contributed by atoms with van der Waals surface area (Å²) >= 11 is 0. The molecule has 0 aromatic heterocycles. The summed E-state index contributed by atoms with van der Waals surface area (Å²) in [6, 6.07) is -0.154. The van der Waals surface area contributed by atoms with Crippen LogP contribution in [-0.4, -0.2) is 37.9 Å². The fourth-order valence-electron chi connectivity index (χ4n) is 1.02. The average molecular weight is 187 g/mol. The Morgan fingerprint density at radius 2 is 2.23 bits per heavy atom. The zero-order chi connectivity index (χ0) is 9.73. The number of carbonyl (C=O) groups excluding carboxylic acids is 1. The molecule has 0 atom stereocenters. The highest BCUT2D eigenvalue weighted by Gasteiger charge is 2.34. The molecular formula is C8H17N3O2. The van der Waals surface area contributed by atoms with Gasteiger partial charge in [0.1, 0.15) is 0 Å². The van der Waals surface area contributed by atoms with Gasteiger partial charge >= 0.3 is 6.03 Å². The summed E-state index contributed by atoms with van der Waals surface area (Å²) in [5, 5.41) is 5.41. The molecule has 0 aliphatic carbocycles. The van der Waals surface area contributed by atoms with E-state index in [2.05, 4.69) is 10.6 Å². The number of hydrogen-bond acceptors (Lipinski definition) is 3. The van der Waals surface area contributed by atoms with Gasteiger partial charge in [0.2, 0.25) is 0 Å². The number of nitrogens with one attached hydrogen (secondary N) is 2. The molecule has 0 aromatic rings. The van der Waals surface area contributed by atoms with E-state index in [1.807, 2.05) is 6.92 Å². The molecule has 76 valence electrons. The molecule has 1 aliphatic heterocycles. The molecule has 0 aromatic carbocycles. The van der Waals surface area contributed by atoms with Crippen molar-refractivity contribution >= 4 is 6.03 Å². The van der Waals surface area contributed by atoms with Gasteiger partial charge in [-0.05, 0) is 6.42 Å². The van der Waals surface area contributed by atoms with Crippen LogP contribution in [0.25, 0.3) is 0 Å². The molecule has 1 aliphatic rings. The zero-order valence-corrected chi connectivity index (χ0v) is 7.93. The van der Waals surface area contributed by atoms with E-state index >= 15 is 0 Å². The number of urea groups is 1. The van der Waals surface area contributed by atoms with Crippen molar-refractivity contribution in [1.82, 2.24) is 10.6 Å². The Labute approximate surface area is 78.0 Å². The SMILES string of the molecule is CCCNC(=O)NCC1(N)COC1. The van der Waals surface area contributed by atoms with E-state index in [-0.39, 0.29) is 11.6 Å². The summed E-state index contributed by atoms with van der Waals surface area (Å²) in [5.74, 6) is 0. The van der Waals surface area contributed by atoms with Gasteiger partial charge in [-0.15, -0.1) is 0 Å². The lowest BCUT2D eigenvalue weighted by atomic mass is 10.00. The third-order valence-electron chi connectivity index (χ3n) is 1.92. The first-order valence-corrected chi connectivity index (χ1v) is 4.55. The molecule has 5 nitrogen and oxygen atoms in total. The van der Waals surface area contributed by atoms with Gasteiger partial charge in [0.15, 0.2) is 0 Å². The summed E-state index contributed by atoms with van der Waals surface area (Å²) in [5.41, 5.74) is 5.47. The number of amides is 2. The van der Waals surface area contributed by atoms with Gasteiger partial charge in [-0.1, -0.05) is 6.92 Å². The monoisotopic (exact) mass is 187 g/mol. The van der Waals surface area contributed by atoms with E-state index in [4.69, 9.17) is 10.5 Å². The third-order valence-corrected chi connectivity index (χ3v) is 1.92. The van der Waals surface area contributed by atoms with Gasteiger partial charge < -0.3 is 21.1 Å². The Bertz CT molecular complexity index is 180. The maximum atomic E-state index is 11.1. The molecule has 0 unspecified atom stereocenters. The second-order valence-electron chi connectivity index (χ2n) is 3.46. The van der Waals surface area contributed by atoms with E-state index in [0.29, 0.717) is 26.3 Å². The molecule has 0 saturated carbocycles. The molecular weight excluding hydrogens is 170 g/mol. The van der Waals surface area contributed by atoms with E-state index in [1.165, 1.54) is 0 Å². The van der Waals surface area contributed by atoms with Gasteiger partial charge in [-0.2, -0.15) is 0 Å². The Morgan fingerprint density at radius 1 is 1.54 bits per heavy atom. The minimum absolute atomic E-state index is 0.154. The predicted octanol–water partition coefficient (Wildman–Crippen LogP) is -0.577. The summed E-state index contributed by atoms with van der Waals surface area (Å²) in [4.78, 5) is 11.1. The van der Waals surface area contributed by atoms with E-state index in [0.717, 1.165) is 6.42 Å². The fourth-order valence-corrected chi connectivity index (χ4v) is 1.02. The van der Waals surface area contributed by atoms with Crippen molar-refractivity contribution in [2.75, 3.05) is 26.3 Å². The van der Waals surface area contributed by atoms with Crippen LogP contribution in [0.5, 0.6) is 0 Å². The largest absolute Gasteiger partial charge is 0.377 e. The van der Waals surface area contributed by atoms with Gasteiger partial charge in [0.05, 0.1) is 18.8 Å². The normalized spacial score (nSPS) is 18.9. The van der Waals surface area contributed by atoms with Gasteiger partial charge in [-0.25, -0.2) is 4.79 Å². The number of carbonyl (C=O) groups is 1. The van der Waals surface area contributed by atoms with Gasteiger partial charge in [0.25, 0.3) is 0 Å². The van der Waals surface area contributed by atoms with Crippen molar-refractivity contribution in [2.24, 2.45) is 5.73 Å². The molecule has 0 bridgehead atoms. The lowest BCUT2D eigenvalue weighted by Gasteiger charge is -2.37. The molecule has 0 spiro atoms. The highest BCUT2D eigenvalue weighted by Crippen LogP contribution is 2.11. The zero-order valence-electron chi connectivity index (χ0n) is 7.93. The van der Waals surface area contributed by atoms with Crippen molar-refractivity contribution in [1.29, 1.82) is 0 Å². The van der Waals surface area contributed by atoms with E-state index < -0.39 is 0 Å². The minimum atomic E-state index is -0.344. The second kappa shape index (κ2) is 4.43. The van der Waals surface area contributed by atoms with Crippen LogP contribution in [0.4, 0.5) is 4.79 Å². The number of nitrogens with two attached hydrogens (primary N) is 1. The second-order valence-corrected chi connectivity index (χ2v) is 3.46. The average Bonchev–Trinajstić information content (AvgIpc) is 2.08. The third kappa shape index (κ3) is 3.20. The molecule has 1 saturated heterocycles. The van der Waals surface area contributed by atoms with Crippen LogP contribution in [0.15, 0.2) is 0 Å². The van der Waals surface area contributed by atoms with E-state index in [1.54, 1.807) is 0 Å². The maximum absolute atomic E-state index is 11.1. The fraction of sp³-hybridized carbons (Fsp3) is 0.875. The van der Waals surface area contributed by atoms with E-state index in [9.17, 15) is 4.79 Å². The van der Waals surface area contributed by atoms with Crippen molar-refractivity contribution < 1.29 is 9.53 Å². The molecule has 1 heterocycles. The van der Waals surface area contributed by atoms with Crippen molar-refractivity contribution in [3.8, 4) is 0 Å². The smallest absolute Gasteiger partial charge is 0.314 e. The Hall–Kier alpha value is -0.810. The first-order valence-electron chi connectivity index (χ1n) is 4.55. The van der Waals surface area contributed by atoms with Gasteiger partial charge in [0, 0.05) is 13.1 Å². The van der Waals surface area contributed by atoms with Crippen LogP contribution in [0.2, 0.25) is 0 Å². The van der Waals surface area contributed by atoms with Crippen LogP contribution < -0.4 is 16.4 Å². The molecule has 13 heavy (non-hydrogen) atoms. The van der Waals surface area contributed by atoms with Crippen LogP contribution in [0.3, 0.4) is 0 Å². The minimum Gasteiger partial charge on any atom is -0.377 e. The first kappa shape index (κ1) is 10.3. The number of ether oxygens (including phenoxy) is 1.